The van der Waals surface area contributed by atoms with E-state index in [0.29, 0.717) is 11.1 Å². The molecule has 0 aliphatic carbocycles. The Morgan fingerprint density at radius 1 is 1.13 bits per heavy atom. The Labute approximate surface area is 95.8 Å². The summed E-state index contributed by atoms with van der Waals surface area (Å²) in [5.74, 6) is 0. The Balaban J connectivity index is 2.95. The summed E-state index contributed by atoms with van der Waals surface area (Å²) in [7, 11) is 0. The lowest BCUT2D eigenvalue weighted by molar-refractivity contribution is -0.960. The van der Waals surface area contributed by atoms with E-state index in [4.69, 9.17) is 0 Å². The van der Waals surface area contributed by atoms with Crippen molar-refractivity contribution < 1.29 is 4.48 Å². The number of hydrogen-bond donors (Lipinski definition) is 0. The number of nitrogens with zero attached hydrogens (tertiary/aromatic N) is 2. The molecule has 0 bridgehead atoms. The molecule has 1 aliphatic heterocycles. The first-order chi connectivity index (χ1) is 6.68. The van der Waals surface area contributed by atoms with Gasteiger partial charge in [0.15, 0.2) is 0 Å². The first kappa shape index (κ1) is 13.0. The topological polar surface area (TPSA) is 3.24 Å². The normalized spacial score (nSPS) is 25.8. The van der Waals surface area contributed by atoms with Crippen molar-refractivity contribution in [3.05, 3.63) is 0 Å². The number of hydrogen-bond acceptors (Lipinski definition) is 1. The van der Waals surface area contributed by atoms with Gasteiger partial charge in [0.2, 0.25) is 0 Å². The van der Waals surface area contributed by atoms with Crippen LogP contribution in [0.3, 0.4) is 0 Å². The zero-order chi connectivity index (χ0) is 11.9. The molecule has 2 nitrogen and oxygen atoms in total. The average molecular weight is 213 g/mol. The van der Waals surface area contributed by atoms with Crippen molar-refractivity contribution in [2.45, 2.75) is 59.5 Å². The Kier molecular flexibility index (Phi) is 3.24. The zero-order valence-corrected chi connectivity index (χ0v) is 11.7. The van der Waals surface area contributed by atoms with Crippen LogP contribution in [-0.4, -0.2) is 46.8 Å². The van der Waals surface area contributed by atoms with E-state index >= 15 is 0 Å². The van der Waals surface area contributed by atoms with E-state index in [-0.39, 0.29) is 0 Å². The fourth-order valence-corrected chi connectivity index (χ4v) is 2.91. The highest BCUT2D eigenvalue weighted by molar-refractivity contribution is 4.87. The highest BCUT2D eigenvalue weighted by atomic mass is 15.5. The summed E-state index contributed by atoms with van der Waals surface area (Å²) in [6.07, 6.45) is 0. The Morgan fingerprint density at radius 2 is 1.60 bits per heavy atom. The highest BCUT2D eigenvalue weighted by Gasteiger charge is 2.51. The Hall–Kier alpha value is -0.0800. The third-order valence-electron chi connectivity index (χ3n) is 4.46. The maximum atomic E-state index is 2.64. The van der Waals surface area contributed by atoms with E-state index in [9.17, 15) is 0 Å². The monoisotopic (exact) mass is 213 g/mol. The summed E-state index contributed by atoms with van der Waals surface area (Å²) in [5.41, 5.74) is 0.707. The van der Waals surface area contributed by atoms with Gasteiger partial charge in [0.05, 0.1) is 19.6 Å². The van der Waals surface area contributed by atoms with Crippen molar-refractivity contribution in [3.8, 4) is 0 Å². The molecule has 0 aromatic carbocycles. The molecule has 1 rings (SSSR count). The van der Waals surface area contributed by atoms with Crippen molar-refractivity contribution in [3.63, 3.8) is 0 Å². The molecule has 0 atom stereocenters. The molecule has 0 radical (unpaired) electrons. The molecule has 1 fully saturated rings. The summed E-state index contributed by atoms with van der Waals surface area (Å²) >= 11 is 0. The molecule has 90 valence electrons. The van der Waals surface area contributed by atoms with Gasteiger partial charge in [-0.2, -0.15) is 0 Å². The van der Waals surface area contributed by atoms with Crippen LogP contribution in [0.5, 0.6) is 0 Å². The molecule has 0 saturated carbocycles. The van der Waals surface area contributed by atoms with Gasteiger partial charge in [0.1, 0.15) is 12.2 Å². The molecular weight excluding hydrogens is 184 g/mol. The molecule has 1 saturated heterocycles. The highest BCUT2D eigenvalue weighted by Crippen LogP contribution is 2.36. The Morgan fingerprint density at radius 3 is 1.80 bits per heavy atom. The van der Waals surface area contributed by atoms with E-state index in [2.05, 4.69) is 53.4 Å². The maximum Gasteiger partial charge on any atom is 0.136 e. The summed E-state index contributed by atoms with van der Waals surface area (Å²) in [5, 5.41) is 0. The van der Waals surface area contributed by atoms with Gasteiger partial charge in [0.25, 0.3) is 0 Å². The lowest BCUT2D eigenvalue weighted by Gasteiger charge is -2.43. The van der Waals surface area contributed by atoms with Crippen LogP contribution in [0, 0.1) is 0 Å². The van der Waals surface area contributed by atoms with Crippen LogP contribution in [0.1, 0.15) is 48.5 Å². The smallest absolute Gasteiger partial charge is 0.136 e. The third-order valence-corrected chi connectivity index (χ3v) is 4.46. The molecule has 1 aliphatic rings. The van der Waals surface area contributed by atoms with Crippen LogP contribution in [-0.2, 0) is 0 Å². The van der Waals surface area contributed by atoms with Crippen LogP contribution in [0.25, 0.3) is 0 Å². The summed E-state index contributed by atoms with van der Waals surface area (Å²) in [6.45, 7) is 21.4. The molecule has 0 aromatic rings. The van der Waals surface area contributed by atoms with Crippen LogP contribution in [0.4, 0.5) is 0 Å². The maximum absolute atomic E-state index is 2.64. The van der Waals surface area contributed by atoms with E-state index in [1.807, 2.05) is 0 Å². The summed E-state index contributed by atoms with van der Waals surface area (Å²) in [4.78, 5) is 2.64. The van der Waals surface area contributed by atoms with Gasteiger partial charge in [-0.25, -0.2) is 4.90 Å². The molecular formula is C13H29N2+. The fourth-order valence-electron chi connectivity index (χ4n) is 2.91. The molecule has 15 heavy (non-hydrogen) atoms. The molecule has 0 aromatic heterocycles. The number of likely N-dealkylation sites (N-methyl/N-ethyl adjacent to an activating group) is 1. The van der Waals surface area contributed by atoms with Gasteiger partial charge in [-0.1, -0.05) is 0 Å². The van der Waals surface area contributed by atoms with E-state index < -0.39 is 0 Å². The van der Waals surface area contributed by atoms with Gasteiger partial charge < -0.3 is 4.48 Å². The van der Waals surface area contributed by atoms with Crippen molar-refractivity contribution in [2.75, 3.05) is 26.3 Å². The number of quaternary nitrogens is 1. The minimum absolute atomic E-state index is 0.307. The minimum atomic E-state index is 0.307. The second kappa shape index (κ2) is 3.74. The predicted molar refractivity (Wildman–Crippen MR) is 66.7 cm³/mol. The first-order valence-electron chi connectivity index (χ1n) is 6.30. The van der Waals surface area contributed by atoms with Gasteiger partial charge in [-0.3, -0.25) is 0 Å². The van der Waals surface area contributed by atoms with E-state index in [1.54, 1.807) is 0 Å². The zero-order valence-electron chi connectivity index (χ0n) is 11.7. The molecule has 0 unspecified atom stereocenters. The molecule has 2 heteroatoms. The largest absolute Gasteiger partial charge is 0.306 e. The van der Waals surface area contributed by atoms with Crippen molar-refractivity contribution in [1.82, 2.24) is 4.90 Å². The lowest BCUT2D eigenvalue weighted by atomic mass is 10.00. The average Bonchev–Trinajstić information content (AvgIpc) is 2.37. The quantitative estimate of drug-likeness (QED) is 0.638. The van der Waals surface area contributed by atoms with Crippen molar-refractivity contribution >= 4 is 0 Å². The van der Waals surface area contributed by atoms with Crippen LogP contribution in [0.2, 0.25) is 0 Å². The van der Waals surface area contributed by atoms with E-state index in [0.717, 1.165) is 0 Å². The van der Waals surface area contributed by atoms with Crippen molar-refractivity contribution in [1.29, 1.82) is 0 Å². The summed E-state index contributed by atoms with van der Waals surface area (Å²) < 4.78 is 1.24. The number of rotatable bonds is 2. The van der Waals surface area contributed by atoms with Crippen LogP contribution in [0.15, 0.2) is 0 Å². The minimum Gasteiger partial charge on any atom is -0.306 e. The SMILES string of the molecule is CC[N+]1(CC)CN(C(C)(C)C)CC1(C)C. The van der Waals surface area contributed by atoms with Crippen LogP contribution >= 0.6 is 0 Å². The van der Waals surface area contributed by atoms with Crippen LogP contribution < -0.4 is 0 Å². The lowest BCUT2D eigenvalue weighted by Crippen LogP contribution is -2.58. The Bertz CT molecular complexity index is 221. The predicted octanol–water partition coefficient (Wildman–Crippen LogP) is 2.69. The molecule has 0 spiro atoms. The molecule has 0 amide bonds. The standard InChI is InChI=1S/C13H29N2/c1-8-15(9-2)11-14(12(3,4)5)10-13(15,6)7/h8-11H2,1-7H3/q+1. The fraction of sp³-hybridized carbons (Fsp3) is 1.00. The first-order valence-corrected chi connectivity index (χ1v) is 6.30. The van der Waals surface area contributed by atoms with E-state index in [1.165, 1.54) is 30.8 Å². The van der Waals surface area contributed by atoms with Gasteiger partial charge in [-0.05, 0) is 48.5 Å². The molecule has 1 heterocycles. The summed E-state index contributed by atoms with van der Waals surface area (Å²) in [6, 6.07) is 0. The third kappa shape index (κ3) is 2.07. The van der Waals surface area contributed by atoms with Gasteiger partial charge in [-0.15, -0.1) is 0 Å². The second-order valence-corrected chi connectivity index (χ2v) is 6.60. The van der Waals surface area contributed by atoms with Gasteiger partial charge in [0, 0.05) is 5.54 Å². The van der Waals surface area contributed by atoms with Crippen molar-refractivity contribution in [2.24, 2.45) is 0 Å². The second-order valence-electron chi connectivity index (χ2n) is 6.60. The molecule has 0 N–H and O–H groups in total. The van der Waals surface area contributed by atoms with Gasteiger partial charge >= 0.3 is 0 Å².